The van der Waals surface area contributed by atoms with Crippen LogP contribution in [0.3, 0.4) is 0 Å². The molecule has 1 aromatic rings. The van der Waals surface area contributed by atoms with Gasteiger partial charge in [-0.2, -0.15) is 0 Å². The second kappa shape index (κ2) is 9.18. The molecule has 0 aliphatic carbocycles. The number of allylic oxidation sites excluding steroid dienone is 3. The van der Waals surface area contributed by atoms with Crippen molar-refractivity contribution < 1.29 is 22.7 Å². The highest BCUT2D eigenvalue weighted by atomic mass is 32.2. The Balaban J connectivity index is 1.87. The summed E-state index contributed by atoms with van der Waals surface area (Å²) in [7, 11) is -3.05. The minimum atomic E-state index is -3.05. The van der Waals surface area contributed by atoms with Crippen molar-refractivity contribution in [2.75, 3.05) is 31.1 Å². The van der Waals surface area contributed by atoms with E-state index >= 15 is 0 Å². The monoisotopic (exact) mass is 390 g/mol. The average molecular weight is 390 g/mol. The van der Waals surface area contributed by atoms with Gasteiger partial charge in [0.1, 0.15) is 11.5 Å². The van der Waals surface area contributed by atoms with Gasteiger partial charge in [0.05, 0.1) is 18.1 Å². The Morgan fingerprint density at radius 2 is 1.78 bits per heavy atom. The van der Waals surface area contributed by atoms with Crippen LogP contribution in [0.4, 0.5) is 0 Å². The number of carbonyl (C=O) groups excluding carboxylic acids is 2. The van der Waals surface area contributed by atoms with Gasteiger partial charge in [-0.15, -0.1) is 0 Å². The number of sulfone groups is 1. The first-order chi connectivity index (χ1) is 12.8. The molecule has 0 spiro atoms. The number of carbonyl (C=O) groups is 2. The molecule has 27 heavy (non-hydrogen) atoms. The number of nitrogens with zero attached hydrogens (tertiary/aromatic N) is 1. The van der Waals surface area contributed by atoms with Gasteiger partial charge in [0, 0.05) is 18.7 Å². The number of hydrogen-bond acceptors (Lipinski definition) is 5. The van der Waals surface area contributed by atoms with Crippen LogP contribution in [-0.4, -0.2) is 56.3 Å². The highest BCUT2D eigenvalue weighted by molar-refractivity contribution is 7.91. The van der Waals surface area contributed by atoms with E-state index in [1.807, 2.05) is 0 Å². The largest absolute Gasteiger partial charge is 0.457 e. The van der Waals surface area contributed by atoms with Crippen LogP contribution in [0.15, 0.2) is 61.4 Å². The van der Waals surface area contributed by atoms with E-state index in [-0.39, 0.29) is 37.0 Å². The fourth-order valence-corrected chi connectivity index (χ4v) is 3.60. The van der Waals surface area contributed by atoms with Gasteiger partial charge < -0.3 is 15.0 Å². The van der Waals surface area contributed by atoms with Crippen LogP contribution in [0.2, 0.25) is 0 Å². The third-order valence-corrected chi connectivity index (χ3v) is 5.54. The Bertz CT molecular complexity index is 843. The number of amides is 2. The summed E-state index contributed by atoms with van der Waals surface area (Å²) in [6, 6.07) is 6.42. The first-order valence-corrected chi connectivity index (χ1v) is 10.2. The number of rotatable bonds is 7. The van der Waals surface area contributed by atoms with E-state index in [0.717, 1.165) is 0 Å². The zero-order valence-electron chi connectivity index (χ0n) is 14.9. The number of ether oxygens (including phenoxy) is 1. The van der Waals surface area contributed by atoms with E-state index in [2.05, 4.69) is 18.5 Å². The van der Waals surface area contributed by atoms with Crippen LogP contribution in [0.25, 0.3) is 0 Å². The molecule has 1 heterocycles. The van der Waals surface area contributed by atoms with E-state index in [0.29, 0.717) is 17.1 Å². The number of benzene rings is 1. The third-order valence-electron chi connectivity index (χ3n) is 3.93. The van der Waals surface area contributed by atoms with Crippen molar-refractivity contribution in [3.05, 3.63) is 67.0 Å². The second-order valence-electron chi connectivity index (χ2n) is 5.85. The summed E-state index contributed by atoms with van der Waals surface area (Å²) in [5.74, 6) is 0.275. The van der Waals surface area contributed by atoms with E-state index in [1.54, 1.807) is 42.5 Å². The molecule has 2 amide bonds. The lowest BCUT2D eigenvalue weighted by molar-refractivity contribution is -0.129. The van der Waals surface area contributed by atoms with Gasteiger partial charge in [-0.05, 0) is 36.4 Å². The predicted octanol–water partition coefficient (Wildman–Crippen LogP) is 1.31. The van der Waals surface area contributed by atoms with Crippen molar-refractivity contribution in [3.8, 4) is 5.75 Å². The number of nitrogens with one attached hydrogen (secondary N) is 1. The van der Waals surface area contributed by atoms with Gasteiger partial charge in [0.25, 0.3) is 5.91 Å². The van der Waals surface area contributed by atoms with Gasteiger partial charge in [0.2, 0.25) is 5.91 Å². The molecule has 1 fully saturated rings. The molecule has 8 heteroatoms. The van der Waals surface area contributed by atoms with Gasteiger partial charge in [-0.25, -0.2) is 8.42 Å². The van der Waals surface area contributed by atoms with Gasteiger partial charge in [-0.1, -0.05) is 19.2 Å². The highest BCUT2D eigenvalue weighted by Gasteiger charge is 2.25. The van der Waals surface area contributed by atoms with Gasteiger partial charge in [-0.3, -0.25) is 9.59 Å². The Hall–Kier alpha value is -2.87. The van der Waals surface area contributed by atoms with Crippen molar-refractivity contribution in [3.63, 3.8) is 0 Å². The summed E-state index contributed by atoms with van der Waals surface area (Å²) in [4.78, 5) is 25.7. The van der Waals surface area contributed by atoms with Gasteiger partial charge >= 0.3 is 0 Å². The maximum atomic E-state index is 12.2. The quantitative estimate of drug-likeness (QED) is 0.560. The Labute approximate surface area is 158 Å². The molecular weight excluding hydrogens is 368 g/mol. The molecule has 2 rings (SSSR count). The van der Waals surface area contributed by atoms with Crippen molar-refractivity contribution in [2.45, 2.75) is 0 Å². The first kappa shape index (κ1) is 20.4. The maximum Gasteiger partial charge on any atom is 0.251 e. The molecule has 7 nitrogen and oxygen atoms in total. The molecule has 144 valence electrons. The molecule has 1 saturated heterocycles. The summed E-state index contributed by atoms with van der Waals surface area (Å²) in [6.07, 6.45) is 4.78. The molecule has 1 N–H and O–H groups in total. The lowest BCUT2D eigenvalue weighted by Gasteiger charge is -2.26. The molecule has 1 aliphatic rings. The van der Waals surface area contributed by atoms with Crippen LogP contribution in [0.1, 0.15) is 10.4 Å². The van der Waals surface area contributed by atoms with E-state index in [9.17, 15) is 18.0 Å². The van der Waals surface area contributed by atoms with E-state index < -0.39 is 15.7 Å². The third kappa shape index (κ3) is 6.10. The summed E-state index contributed by atoms with van der Waals surface area (Å²) >= 11 is 0. The summed E-state index contributed by atoms with van der Waals surface area (Å²) < 4.78 is 28.3. The molecule has 0 unspecified atom stereocenters. The Morgan fingerprint density at radius 1 is 1.15 bits per heavy atom. The van der Waals surface area contributed by atoms with Crippen LogP contribution in [0, 0.1) is 0 Å². The molecule has 0 bridgehead atoms. The smallest absolute Gasteiger partial charge is 0.251 e. The first-order valence-electron chi connectivity index (χ1n) is 8.34. The zero-order valence-corrected chi connectivity index (χ0v) is 15.7. The fourth-order valence-electron chi connectivity index (χ4n) is 2.40. The zero-order chi connectivity index (χ0) is 19.9. The molecule has 0 aromatic heterocycles. The van der Waals surface area contributed by atoms with Crippen molar-refractivity contribution in [1.82, 2.24) is 10.2 Å². The van der Waals surface area contributed by atoms with Crippen molar-refractivity contribution in [2.24, 2.45) is 0 Å². The molecule has 0 saturated carbocycles. The molecular formula is C19H22N2O5S. The predicted molar refractivity (Wildman–Crippen MR) is 103 cm³/mol. The lowest BCUT2D eigenvalue weighted by atomic mass is 10.2. The van der Waals surface area contributed by atoms with Crippen molar-refractivity contribution >= 4 is 21.7 Å². The Morgan fingerprint density at radius 3 is 2.33 bits per heavy atom. The average Bonchev–Trinajstić information content (AvgIpc) is 2.66. The molecule has 1 aliphatic heterocycles. The maximum absolute atomic E-state index is 12.2. The summed E-state index contributed by atoms with van der Waals surface area (Å²) in [6.45, 7) is 7.36. The molecule has 0 radical (unpaired) electrons. The van der Waals surface area contributed by atoms with E-state index in [1.165, 1.54) is 4.90 Å². The van der Waals surface area contributed by atoms with E-state index in [4.69, 9.17) is 4.74 Å². The standard InChI is InChI=1S/C19H22N2O5S/c1-3-5-16(4-2)26-17-8-6-15(7-9-17)19(23)20-14-18(22)21-10-12-27(24,25)13-11-21/h3-9H,1-2,10-14H2,(H,20,23)/b16-5+. The molecule has 0 atom stereocenters. The SMILES string of the molecule is C=C/C=C(\C=C)Oc1ccc(C(=O)NCC(=O)N2CCS(=O)(=O)CC2)cc1. The highest BCUT2D eigenvalue weighted by Crippen LogP contribution is 2.16. The van der Waals surface area contributed by atoms with Crippen molar-refractivity contribution in [1.29, 1.82) is 0 Å². The van der Waals surface area contributed by atoms with Gasteiger partial charge in [0.15, 0.2) is 9.84 Å². The minimum Gasteiger partial charge on any atom is -0.457 e. The minimum absolute atomic E-state index is 0.0405. The van der Waals surface area contributed by atoms with Crippen LogP contribution < -0.4 is 10.1 Å². The topological polar surface area (TPSA) is 92.8 Å². The normalized spacial score (nSPS) is 16.3. The van der Waals surface area contributed by atoms with Crippen LogP contribution >= 0.6 is 0 Å². The summed E-state index contributed by atoms with van der Waals surface area (Å²) in [5, 5.41) is 2.55. The van der Waals surface area contributed by atoms with Crippen LogP contribution in [0.5, 0.6) is 5.75 Å². The molecule has 1 aromatic carbocycles. The van der Waals surface area contributed by atoms with Crippen LogP contribution in [-0.2, 0) is 14.6 Å². The second-order valence-corrected chi connectivity index (χ2v) is 8.15. The lowest BCUT2D eigenvalue weighted by Crippen LogP contribution is -2.47. The summed E-state index contributed by atoms with van der Waals surface area (Å²) in [5.41, 5.74) is 0.379. The Kier molecular flexibility index (Phi) is 6.95. The fraction of sp³-hybridized carbons (Fsp3) is 0.263. The number of hydrogen-bond donors (Lipinski definition) is 1.